The van der Waals surface area contributed by atoms with Crippen LogP contribution in [0.5, 0.6) is 0 Å². The molecule has 1 aliphatic rings. The quantitative estimate of drug-likeness (QED) is 0.787. The van der Waals surface area contributed by atoms with Gasteiger partial charge < -0.3 is 9.80 Å². The van der Waals surface area contributed by atoms with Crippen molar-refractivity contribution in [3.8, 4) is 0 Å². The summed E-state index contributed by atoms with van der Waals surface area (Å²) in [5, 5.41) is 0. The largest absolute Gasteiger partial charge is 0.301 e. The molecule has 0 N–H and O–H groups in total. The monoisotopic (exact) mass is 232 g/mol. The zero-order valence-electron chi connectivity index (χ0n) is 11.3. The van der Waals surface area contributed by atoms with Crippen molar-refractivity contribution in [1.29, 1.82) is 0 Å². The third-order valence-electron chi connectivity index (χ3n) is 3.75. The first-order valence-corrected chi connectivity index (χ1v) is 6.60. The Balaban J connectivity index is 2.03. The SMILES string of the molecule is C[C@H]1CCN(C[C@H](c2ccccc2)N(C)C)C1. The second-order valence-electron chi connectivity index (χ2n) is 5.54. The summed E-state index contributed by atoms with van der Waals surface area (Å²) in [7, 11) is 4.36. The summed E-state index contributed by atoms with van der Waals surface area (Å²) in [6.45, 7) is 6.03. The van der Waals surface area contributed by atoms with Gasteiger partial charge in [0.1, 0.15) is 0 Å². The summed E-state index contributed by atoms with van der Waals surface area (Å²) < 4.78 is 0. The minimum Gasteiger partial charge on any atom is -0.301 e. The van der Waals surface area contributed by atoms with Crippen LogP contribution in [-0.2, 0) is 0 Å². The molecule has 0 aromatic heterocycles. The molecule has 2 nitrogen and oxygen atoms in total. The molecule has 1 saturated heterocycles. The van der Waals surface area contributed by atoms with Gasteiger partial charge >= 0.3 is 0 Å². The van der Waals surface area contributed by atoms with Gasteiger partial charge in [-0.1, -0.05) is 37.3 Å². The molecule has 0 radical (unpaired) electrons. The number of nitrogens with zero attached hydrogens (tertiary/aromatic N) is 2. The van der Waals surface area contributed by atoms with Crippen LogP contribution in [0.25, 0.3) is 0 Å². The van der Waals surface area contributed by atoms with E-state index in [9.17, 15) is 0 Å². The molecule has 1 aromatic carbocycles. The molecular weight excluding hydrogens is 208 g/mol. The van der Waals surface area contributed by atoms with Crippen LogP contribution in [0.2, 0.25) is 0 Å². The first-order valence-electron chi connectivity index (χ1n) is 6.60. The third kappa shape index (κ3) is 3.30. The first kappa shape index (κ1) is 12.6. The molecule has 0 amide bonds. The zero-order chi connectivity index (χ0) is 12.3. The van der Waals surface area contributed by atoms with E-state index in [2.05, 4.69) is 61.2 Å². The van der Waals surface area contributed by atoms with Crippen LogP contribution in [0.4, 0.5) is 0 Å². The standard InChI is InChI=1S/C15H24N2/c1-13-9-10-17(11-13)12-15(16(2)3)14-7-5-4-6-8-14/h4-8,13,15H,9-12H2,1-3H3/t13-,15+/m0/s1. The Hall–Kier alpha value is -0.860. The van der Waals surface area contributed by atoms with Crippen molar-refractivity contribution < 1.29 is 0 Å². The van der Waals surface area contributed by atoms with Gasteiger partial charge in [0.15, 0.2) is 0 Å². The number of likely N-dealkylation sites (tertiary alicyclic amines) is 1. The summed E-state index contributed by atoms with van der Waals surface area (Å²) in [6.07, 6.45) is 1.36. The Labute approximate surface area is 105 Å². The van der Waals surface area contributed by atoms with Crippen LogP contribution in [0.15, 0.2) is 30.3 Å². The first-order chi connectivity index (χ1) is 8.16. The van der Waals surface area contributed by atoms with E-state index in [-0.39, 0.29) is 0 Å². The van der Waals surface area contributed by atoms with Gasteiger partial charge in [0.25, 0.3) is 0 Å². The fourth-order valence-electron chi connectivity index (χ4n) is 2.68. The van der Waals surface area contributed by atoms with E-state index in [1.807, 2.05) is 0 Å². The van der Waals surface area contributed by atoms with Crippen molar-refractivity contribution >= 4 is 0 Å². The maximum Gasteiger partial charge on any atom is 0.0469 e. The van der Waals surface area contributed by atoms with E-state index in [0.29, 0.717) is 6.04 Å². The van der Waals surface area contributed by atoms with Crippen LogP contribution >= 0.6 is 0 Å². The van der Waals surface area contributed by atoms with Gasteiger partial charge in [-0.2, -0.15) is 0 Å². The van der Waals surface area contributed by atoms with Crippen LogP contribution < -0.4 is 0 Å². The molecule has 0 aliphatic carbocycles. The fraction of sp³-hybridized carbons (Fsp3) is 0.600. The molecule has 2 heteroatoms. The molecule has 1 aromatic rings. The Morgan fingerprint density at radius 2 is 2.00 bits per heavy atom. The van der Waals surface area contributed by atoms with E-state index in [1.54, 1.807) is 0 Å². The Morgan fingerprint density at radius 3 is 2.53 bits per heavy atom. The van der Waals surface area contributed by atoms with Crippen molar-refractivity contribution in [3.05, 3.63) is 35.9 Å². The van der Waals surface area contributed by atoms with E-state index in [1.165, 1.54) is 25.1 Å². The molecule has 1 aliphatic heterocycles. The summed E-state index contributed by atoms with van der Waals surface area (Å²) in [4.78, 5) is 4.93. The lowest BCUT2D eigenvalue weighted by atomic mass is 10.1. The van der Waals surface area contributed by atoms with Crippen LogP contribution in [0, 0.1) is 5.92 Å². The molecule has 0 bridgehead atoms. The highest BCUT2D eigenvalue weighted by Crippen LogP contribution is 2.23. The van der Waals surface area contributed by atoms with Crippen molar-refractivity contribution in [2.45, 2.75) is 19.4 Å². The number of likely N-dealkylation sites (N-methyl/N-ethyl adjacent to an activating group) is 1. The highest BCUT2D eigenvalue weighted by molar-refractivity contribution is 5.19. The second kappa shape index (κ2) is 5.65. The van der Waals surface area contributed by atoms with E-state index < -0.39 is 0 Å². The Kier molecular flexibility index (Phi) is 4.19. The van der Waals surface area contributed by atoms with E-state index in [0.717, 1.165) is 12.5 Å². The molecule has 1 fully saturated rings. The molecule has 0 unspecified atom stereocenters. The summed E-state index contributed by atoms with van der Waals surface area (Å²) in [5.74, 6) is 0.869. The highest BCUT2D eigenvalue weighted by atomic mass is 15.2. The lowest BCUT2D eigenvalue weighted by molar-refractivity contribution is 0.206. The van der Waals surface area contributed by atoms with Crippen molar-refractivity contribution in [1.82, 2.24) is 9.80 Å². The minimum absolute atomic E-state index is 0.515. The molecular formula is C15H24N2. The molecule has 94 valence electrons. The van der Waals surface area contributed by atoms with Gasteiger partial charge in [-0.3, -0.25) is 0 Å². The number of rotatable bonds is 4. The molecule has 0 spiro atoms. The number of hydrogen-bond donors (Lipinski definition) is 0. The number of hydrogen-bond acceptors (Lipinski definition) is 2. The normalized spacial score (nSPS) is 23.2. The van der Waals surface area contributed by atoms with Crippen LogP contribution in [0.3, 0.4) is 0 Å². The average Bonchev–Trinajstić information content (AvgIpc) is 2.73. The summed E-state index contributed by atoms with van der Waals surface area (Å²) >= 11 is 0. The molecule has 0 saturated carbocycles. The molecule has 1 heterocycles. The van der Waals surface area contributed by atoms with Crippen molar-refractivity contribution in [2.24, 2.45) is 5.92 Å². The maximum atomic E-state index is 2.60. The third-order valence-corrected chi connectivity index (χ3v) is 3.75. The predicted octanol–water partition coefficient (Wildman–Crippen LogP) is 2.63. The minimum atomic E-state index is 0.515. The lowest BCUT2D eigenvalue weighted by Gasteiger charge is -2.29. The van der Waals surface area contributed by atoms with Gasteiger partial charge in [-0.25, -0.2) is 0 Å². The summed E-state index contributed by atoms with van der Waals surface area (Å²) in [6, 6.07) is 11.4. The fourth-order valence-corrected chi connectivity index (χ4v) is 2.68. The van der Waals surface area contributed by atoms with Crippen LogP contribution in [-0.4, -0.2) is 43.5 Å². The van der Waals surface area contributed by atoms with Gasteiger partial charge in [0.05, 0.1) is 0 Å². The smallest absolute Gasteiger partial charge is 0.0469 e. The Bertz CT molecular complexity index is 334. The molecule has 17 heavy (non-hydrogen) atoms. The lowest BCUT2D eigenvalue weighted by Crippen LogP contribution is -2.33. The zero-order valence-corrected chi connectivity index (χ0v) is 11.3. The van der Waals surface area contributed by atoms with Crippen molar-refractivity contribution in [3.63, 3.8) is 0 Å². The maximum absolute atomic E-state index is 2.60. The molecule has 2 atom stereocenters. The van der Waals surface area contributed by atoms with E-state index in [4.69, 9.17) is 0 Å². The highest BCUT2D eigenvalue weighted by Gasteiger charge is 2.23. The molecule has 2 rings (SSSR count). The Morgan fingerprint density at radius 1 is 1.29 bits per heavy atom. The predicted molar refractivity (Wildman–Crippen MR) is 73.1 cm³/mol. The van der Waals surface area contributed by atoms with Crippen LogP contribution in [0.1, 0.15) is 24.9 Å². The van der Waals surface area contributed by atoms with Gasteiger partial charge in [-0.05, 0) is 38.5 Å². The van der Waals surface area contributed by atoms with Gasteiger partial charge in [0.2, 0.25) is 0 Å². The summed E-state index contributed by atoms with van der Waals surface area (Å²) in [5.41, 5.74) is 1.43. The topological polar surface area (TPSA) is 6.48 Å². The van der Waals surface area contributed by atoms with Gasteiger partial charge in [0, 0.05) is 19.1 Å². The van der Waals surface area contributed by atoms with Gasteiger partial charge in [-0.15, -0.1) is 0 Å². The number of benzene rings is 1. The second-order valence-corrected chi connectivity index (χ2v) is 5.54. The van der Waals surface area contributed by atoms with E-state index >= 15 is 0 Å². The average molecular weight is 232 g/mol. The van der Waals surface area contributed by atoms with Crippen molar-refractivity contribution in [2.75, 3.05) is 33.7 Å².